The summed E-state index contributed by atoms with van der Waals surface area (Å²) in [5.74, 6) is 0.300. The Bertz CT molecular complexity index is 691. The number of thiophene rings is 1. The minimum absolute atomic E-state index is 0.300. The largest absolute Gasteiger partial charge is 0.332 e. The molecule has 2 bridgehead atoms. The Labute approximate surface area is 135 Å². The highest BCUT2D eigenvalue weighted by molar-refractivity contribution is 7.12. The van der Waals surface area contributed by atoms with Crippen molar-refractivity contribution in [3.63, 3.8) is 0 Å². The van der Waals surface area contributed by atoms with Gasteiger partial charge in [-0.25, -0.2) is 0 Å². The molecule has 0 spiro atoms. The van der Waals surface area contributed by atoms with Crippen molar-refractivity contribution in [2.45, 2.75) is 51.1 Å². The minimum atomic E-state index is 0.300. The summed E-state index contributed by atoms with van der Waals surface area (Å²) in [6, 6.07) is 13.2. The summed E-state index contributed by atoms with van der Waals surface area (Å²) in [4.78, 5) is 18.0. The molecular weight excluding hydrogens is 290 g/mol. The second-order valence-corrected chi connectivity index (χ2v) is 7.58. The van der Waals surface area contributed by atoms with Crippen molar-refractivity contribution in [1.29, 1.82) is 0 Å². The number of aryl methyl sites for hydroxylation is 1. The van der Waals surface area contributed by atoms with Gasteiger partial charge in [0.25, 0.3) is 0 Å². The van der Waals surface area contributed by atoms with Gasteiger partial charge in [0, 0.05) is 22.2 Å². The van der Waals surface area contributed by atoms with E-state index in [1.165, 1.54) is 15.3 Å². The van der Waals surface area contributed by atoms with Gasteiger partial charge in [0.05, 0.1) is 12.5 Å². The van der Waals surface area contributed by atoms with Crippen molar-refractivity contribution in [2.24, 2.45) is 0 Å². The molecule has 2 aliphatic rings. The van der Waals surface area contributed by atoms with Crippen molar-refractivity contribution in [3.8, 4) is 0 Å². The van der Waals surface area contributed by atoms with E-state index in [9.17, 15) is 4.79 Å². The quantitative estimate of drug-likeness (QED) is 0.834. The highest BCUT2D eigenvalue weighted by Gasteiger charge is 2.43. The molecule has 0 saturated carbocycles. The molecule has 2 unspecified atom stereocenters. The van der Waals surface area contributed by atoms with Crippen LogP contribution in [0, 0.1) is 0 Å². The molecule has 3 heteroatoms. The Morgan fingerprint density at radius 3 is 2.86 bits per heavy atom. The van der Waals surface area contributed by atoms with E-state index in [1.807, 2.05) is 29.5 Å². The fraction of sp³-hybridized carbons (Fsp3) is 0.421. The van der Waals surface area contributed by atoms with Crippen molar-refractivity contribution in [1.82, 2.24) is 4.90 Å². The standard InChI is InChI=1S/C19H21NOS/c1-2-15-12-16-17-9-8-14(11-18(16)22-15)20(17)19(21)10-13-6-4-3-5-7-13/h3-7,12,14,17H,2,8-11H2,1H3. The molecular formula is C19H21NOS. The van der Waals surface area contributed by atoms with Crippen LogP contribution in [0.25, 0.3) is 0 Å². The van der Waals surface area contributed by atoms with Crippen LogP contribution >= 0.6 is 11.3 Å². The molecule has 2 atom stereocenters. The van der Waals surface area contributed by atoms with E-state index in [-0.39, 0.29) is 0 Å². The summed E-state index contributed by atoms with van der Waals surface area (Å²) in [5, 5.41) is 0. The molecule has 0 N–H and O–H groups in total. The Morgan fingerprint density at radius 1 is 1.27 bits per heavy atom. The Hall–Kier alpha value is -1.61. The second kappa shape index (κ2) is 5.54. The summed E-state index contributed by atoms with van der Waals surface area (Å²) < 4.78 is 0. The molecule has 0 aliphatic carbocycles. The zero-order chi connectivity index (χ0) is 15.1. The summed E-state index contributed by atoms with van der Waals surface area (Å²) in [6.45, 7) is 2.22. The number of fused-ring (bicyclic) bond motifs is 4. The first-order valence-corrected chi connectivity index (χ1v) is 9.04. The zero-order valence-corrected chi connectivity index (χ0v) is 13.7. The molecule has 4 rings (SSSR count). The maximum absolute atomic E-state index is 12.8. The number of amides is 1. The van der Waals surface area contributed by atoms with Crippen LogP contribution in [-0.2, 0) is 24.1 Å². The van der Waals surface area contributed by atoms with Crippen LogP contribution in [0.5, 0.6) is 0 Å². The third-order valence-corrected chi connectivity index (χ3v) is 6.33. The summed E-state index contributed by atoms with van der Waals surface area (Å²) in [6.07, 6.45) is 5.00. The molecule has 1 amide bonds. The minimum Gasteiger partial charge on any atom is -0.332 e. The molecule has 1 aromatic carbocycles. The maximum atomic E-state index is 12.8. The molecule has 1 saturated heterocycles. The highest BCUT2D eigenvalue weighted by atomic mass is 32.1. The first kappa shape index (κ1) is 14.0. The van der Waals surface area contributed by atoms with Gasteiger partial charge < -0.3 is 4.90 Å². The van der Waals surface area contributed by atoms with E-state index in [1.54, 1.807) is 0 Å². The third-order valence-electron chi connectivity index (χ3n) is 5.01. The van der Waals surface area contributed by atoms with Crippen molar-refractivity contribution in [2.75, 3.05) is 0 Å². The van der Waals surface area contributed by atoms with Gasteiger partial charge in [-0.1, -0.05) is 37.3 Å². The summed E-state index contributed by atoms with van der Waals surface area (Å²) in [7, 11) is 0. The van der Waals surface area contributed by atoms with Crippen LogP contribution < -0.4 is 0 Å². The van der Waals surface area contributed by atoms with Crippen molar-refractivity contribution >= 4 is 17.2 Å². The Morgan fingerprint density at radius 2 is 2.09 bits per heavy atom. The lowest BCUT2D eigenvalue weighted by molar-refractivity contribution is -0.133. The maximum Gasteiger partial charge on any atom is 0.227 e. The van der Waals surface area contributed by atoms with Crippen LogP contribution in [0.1, 0.15) is 46.7 Å². The lowest BCUT2D eigenvalue weighted by atomic mass is 9.99. The average molecular weight is 311 g/mol. The fourth-order valence-corrected chi connectivity index (χ4v) is 5.19. The van der Waals surface area contributed by atoms with Gasteiger partial charge >= 0.3 is 0 Å². The first-order valence-electron chi connectivity index (χ1n) is 8.23. The smallest absolute Gasteiger partial charge is 0.227 e. The summed E-state index contributed by atoms with van der Waals surface area (Å²) in [5.41, 5.74) is 2.56. The Balaban J connectivity index is 1.59. The van der Waals surface area contributed by atoms with Crippen LogP contribution in [-0.4, -0.2) is 16.8 Å². The highest BCUT2D eigenvalue weighted by Crippen LogP contribution is 2.46. The van der Waals surface area contributed by atoms with Gasteiger partial charge in [-0.2, -0.15) is 0 Å². The molecule has 22 heavy (non-hydrogen) atoms. The van der Waals surface area contributed by atoms with Gasteiger partial charge in [-0.15, -0.1) is 11.3 Å². The predicted molar refractivity (Wildman–Crippen MR) is 90.2 cm³/mol. The van der Waals surface area contributed by atoms with Gasteiger partial charge in [0.1, 0.15) is 0 Å². The van der Waals surface area contributed by atoms with Crippen molar-refractivity contribution < 1.29 is 4.79 Å². The van der Waals surface area contributed by atoms with Crippen LogP contribution in [0.2, 0.25) is 0 Å². The lowest BCUT2D eigenvalue weighted by Gasteiger charge is -2.35. The number of hydrogen-bond donors (Lipinski definition) is 0. The molecule has 0 radical (unpaired) electrons. The van der Waals surface area contributed by atoms with E-state index in [4.69, 9.17) is 0 Å². The number of hydrogen-bond acceptors (Lipinski definition) is 2. The number of carbonyl (C=O) groups is 1. The van der Waals surface area contributed by atoms with Crippen molar-refractivity contribution in [3.05, 3.63) is 57.3 Å². The lowest BCUT2D eigenvalue weighted by Crippen LogP contribution is -2.42. The number of carbonyl (C=O) groups excluding carboxylic acids is 1. The van der Waals surface area contributed by atoms with E-state index in [2.05, 4.69) is 30.0 Å². The monoisotopic (exact) mass is 311 g/mol. The predicted octanol–water partition coefficient (Wildman–Crippen LogP) is 4.14. The number of nitrogens with zero attached hydrogens (tertiary/aromatic N) is 1. The topological polar surface area (TPSA) is 20.3 Å². The summed E-state index contributed by atoms with van der Waals surface area (Å²) >= 11 is 1.96. The average Bonchev–Trinajstić information content (AvgIpc) is 3.10. The first-order chi connectivity index (χ1) is 10.8. The second-order valence-electron chi connectivity index (χ2n) is 6.36. The fourth-order valence-electron chi connectivity index (χ4n) is 3.96. The molecule has 1 aromatic heterocycles. The molecule has 1 fully saturated rings. The van der Waals surface area contributed by atoms with Gasteiger partial charge in [-0.3, -0.25) is 4.79 Å². The van der Waals surface area contributed by atoms with Gasteiger partial charge in [-0.05, 0) is 36.5 Å². The van der Waals surface area contributed by atoms with E-state index < -0.39 is 0 Å². The van der Waals surface area contributed by atoms with Crippen LogP contribution in [0.15, 0.2) is 36.4 Å². The zero-order valence-electron chi connectivity index (χ0n) is 12.9. The van der Waals surface area contributed by atoms with E-state index >= 15 is 0 Å². The van der Waals surface area contributed by atoms with Gasteiger partial charge in [0.15, 0.2) is 0 Å². The van der Waals surface area contributed by atoms with E-state index in [0.717, 1.165) is 31.2 Å². The van der Waals surface area contributed by atoms with Gasteiger partial charge in [0.2, 0.25) is 5.91 Å². The van der Waals surface area contributed by atoms with Crippen LogP contribution in [0.3, 0.4) is 0 Å². The molecule has 2 nitrogen and oxygen atoms in total. The third kappa shape index (κ3) is 2.28. The molecule has 2 aromatic rings. The van der Waals surface area contributed by atoms with E-state index in [0.29, 0.717) is 24.4 Å². The van der Waals surface area contributed by atoms with Crippen LogP contribution in [0.4, 0.5) is 0 Å². The molecule has 3 heterocycles. The normalized spacial score (nSPS) is 22.7. The number of benzene rings is 1. The number of rotatable bonds is 3. The Kier molecular flexibility index (Phi) is 3.53. The molecule has 114 valence electrons. The molecule has 2 aliphatic heterocycles. The SMILES string of the molecule is CCc1cc2c(s1)CC1CCC2N1C(=O)Cc1ccccc1.